The molecular formula is C13H14O6. The summed E-state index contributed by atoms with van der Waals surface area (Å²) in [5, 5.41) is 0. The lowest BCUT2D eigenvalue weighted by molar-refractivity contribution is -0.155. The maximum atomic E-state index is 11.6. The molecule has 0 spiro atoms. The molecule has 2 rings (SSSR count). The summed E-state index contributed by atoms with van der Waals surface area (Å²) in [4.78, 5) is 22.8. The molecular weight excluding hydrogens is 252 g/mol. The molecule has 0 saturated carbocycles. The van der Waals surface area contributed by atoms with Crippen molar-refractivity contribution in [1.82, 2.24) is 0 Å². The Labute approximate surface area is 110 Å². The molecule has 1 saturated heterocycles. The van der Waals surface area contributed by atoms with E-state index in [-0.39, 0.29) is 13.2 Å². The number of ether oxygens (including phenoxy) is 4. The largest absolute Gasteiger partial charge is 0.467 e. The van der Waals surface area contributed by atoms with Crippen molar-refractivity contribution in [2.75, 3.05) is 20.3 Å². The van der Waals surface area contributed by atoms with Crippen molar-refractivity contribution in [3.8, 4) is 0 Å². The highest BCUT2D eigenvalue weighted by Gasteiger charge is 2.33. The van der Waals surface area contributed by atoms with E-state index in [1.807, 2.05) is 0 Å². The van der Waals surface area contributed by atoms with Crippen LogP contribution in [0, 0.1) is 0 Å². The topological polar surface area (TPSA) is 71.1 Å². The summed E-state index contributed by atoms with van der Waals surface area (Å²) < 4.78 is 20.0. The van der Waals surface area contributed by atoms with Gasteiger partial charge in [-0.15, -0.1) is 0 Å². The first-order valence-electron chi connectivity index (χ1n) is 5.78. The number of hydrogen-bond acceptors (Lipinski definition) is 6. The molecule has 0 radical (unpaired) electrons. The third-order valence-electron chi connectivity index (χ3n) is 2.57. The van der Waals surface area contributed by atoms with E-state index in [1.165, 1.54) is 7.11 Å². The Kier molecular flexibility index (Phi) is 4.48. The van der Waals surface area contributed by atoms with Crippen molar-refractivity contribution in [3.05, 3.63) is 35.9 Å². The van der Waals surface area contributed by atoms with Crippen LogP contribution in [0.5, 0.6) is 0 Å². The zero-order valence-corrected chi connectivity index (χ0v) is 10.4. The van der Waals surface area contributed by atoms with Gasteiger partial charge in [0, 0.05) is 0 Å². The first-order valence-corrected chi connectivity index (χ1v) is 5.78. The van der Waals surface area contributed by atoms with Crippen LogP contribution in [0.15, 0.2) is 30.3 Å². The molecule has 6 heteroatoms. The zero-order valence-electron chi connectivity index (χ0n) is 10.4. The quantitative estimate of drug-likeness (QED) is 0.749. The summed E-state index contributed by atoms with van der Waals surface area (Å²) in [5.41, 5.74) is 0.449. The number of methoxy groups -OCH3 is 1. The van der Waals surface area contributed by atoms with Crippen LogP contribution in [0.1, 0.15) is 10.4 Å². The van der Waals surface area contributed by atoms with Crippen molar-refractivity contribution in [2.45, 2.75) is 12.4 Å². The summed E-state index contributed by atoms with van der Waals surface area (Å²) in [6.07, 6.45) is -1.50. The lowest BCUT2D eigenvalue weighted by atomic mass is 10.2. The number of rotatable bonds is 4. The highest BCUT2D eigenvalue weighted by atomic mass is 16.7. The average Bonchev–Trinajstić information content (AvgIpc) is 2.93. The molecule has 1 aromatic carbocycles. The second-order valence-electron chi connectivity index (χ2n) is 3.88. The molecule has 19 heavy (non-hydrogen) atoms. The Morgan fingerprint density at radius 3 is 2.74 bits per heavy atom. The molecule has 0 N–H and O–H groups in total. The van der Waals surface area contributed by atoms with Crippen LogP contribution in [0.25, 0.3) is 0 Å². The van der Waals surface area contributed by atoms with Crippen LogP contribution in [0.3, 0.4) is 0 Å². The maximum Gasteiger partial charge on any atom is 0.338 e. The van der Waals surface area contributed by atoms with Crippen LogP contribution in [-0.4, -0.2) is 44.7 Å². The Bertz CT molecular complexity index is 444. The lowest BCUT2D eigenvalue weighted by Gasteiger charge is -2.11. The summed E-state index contributed by atoms with van der Waals surface area (Å²) in [6, 6.07) is 8.59. The molecule has 0 bridgehead atoms. The molecule has 0 aliphatic carbocycles. The van der Waals surface area contributed by atoms with Gasteiger partial charge in [0.15, 0.2) is 12.4 Å². The van der Waals surface area contributed by atoms with Crippen LogP contribution in [0.2, 0.25) is 0 Å². The third kappa shape index (κ3) is 3.52. The van der Waals surface area contributed by atoms with E-state index in [1.54, 1.807) is 30.3 Å². The number of esters is 2. The van der Waals surface area contributed by atoms with Gasteiger partial charge in [-0.3, -0.25) is 0 Å². The minimum absolute atomic E-state index is 0.0682. The summed E-state index contributed by atoms with van der Waals surface area (Å²) >= 11 is 0. The fourth-order valence-corrected chi connectivity index (χ4v) is 1.60. The monoisotopic (exact) mass is 266 g/mol. The predicted octanol–water partition coefficient (Wildman–Crippen LogP) is 0.758. The second-order valence-corrected chi connectivity index (χ2v) is 3.88. The van der Waals surface area contributed by atoms with Gasteiger partial charge in [0.1, 0.15) is 6.61 Å². The van der Waals surface area contributed by atoms with Crippen molar-refractivity contribution in [2.24, 2.45) is 0 Å². The normalized spacial score (nSPS) is 21.9. The molecule has 1 aliphatic heterocycles. The van der Waals surface area contributed by atoms with Gasteiger partial charge < -0.3 is 18.9 Å². The number of benzene rings is 1. The molecule has 2 unspecified atom stereocenters. The van der Waals surface area contributed by atoms with Gasteiger partial charge in [0.05, 0.1) is 19.3 Å². The third-order valence-corrected chi connectivity index (χ3v) is 2.57. The minimum Gasteiger partial charge on any atom is -0.467 e. The maximum absolute atomic E-state index is 11.6. The van der Waals surface area contributed by atoms with E-state index >= 15 is 0 Å². The second kappa shape index (κ2) is 6.31. The van der Waals surface area contributed by atoms with Gasteiger partial charge in [-0.2, -0.15) is 0 Å². The van der Waals surface area contributed by atoms with Crippen molar-refractivity contribution >= 4 is 11.9 Å². The molecule has 1 heterocycles. The van der Waals surface area contributed by atoms with E-state index in [2.05, 4.69) is 4.74 Å². The Hall–Kier alpha value is -1.92. The lowest BCUT2D eigenvalue weighted by Crippen LogP contribution is -2.26. The first-order chi connectivity index (χ1) is 9.20. The zero-order chi connectivity index (χ0) is 13.7. The number of carbonyl (C=O) groups excluding carboxylic acids is 2. The van der Waals surface area contributed by atoms with Crippen molar-refractivity contribution in [1.29, 1.82) is 0 Å². The van der Waals surface area contributed by atoms with E-state index < -0.39 is 24.3 Å². The Morgan fingerprint density at radius 1 is 1.32 bits per heavy atom. The van der Waals surface area contributed by atoms with Gasteiger partial charge in [-0.05, 0) is 12.1 Å². The molecule has 1 fully saturated rings. The summed E-state index contributed by atoms with van der Waals surface area (Å²) in [7, 11) is 1.27. The highest BCUT2D eigenvalue weighted by Crippen LogP contribution is 2.13. The fraction of sp³-hybridized carbons (Fsp3) is 0.385. The summed E-state index contributed by atoms with van der Waals surface area (Å²) in [6.45, 7) is 0.0292. The van der Waals surface area contributed by atoms with E-state index in [0.29, 0.717) is 5.56 Å². The van der Waals surface area contributed by atoms with Gasteiger partial charge >= 0.3 is 11.9 Å². The average molecular weight is 266 g/mol. The van der Waals surface area contributed by atoms with Gasteiger partial charge in [-0.1, -0.05) is 18.2 Å². The predicted molar refractivity (Wildman–Crippen MR) is 63.4 cm³/mol. The minimum atomic E-state index is -0.759. The van der Waals surface area contributed by atoms with Crippen LogP contribution < -0.4 is 0 Å². The van der Waals surface area contributed by atoms with Crippen molar-refractivity contribution < 1.29 is 28.5 Å². The number of hydrogen-bond donors (Lipinski definition) is 0. The molecule has 2 atom stereocenters. The van der Waals surface area contributed by atoms with E-state index in [4.69, 9.17) is 14.2 Å². The Morgan fingerprint density at radius 2 is 2.05 bits per heavy atom. The first kappa shape index (κ1) is 13.5. The van der Waals surface area contributed by atoms with Gasteiger partial charge in [0.2, 0.25) is 0 Å². The Balaban J connectivity index is 1.78. The van der Waals surface area contributed by atoms with Gasteiger partial charge in [0.25, 0.3) is 0 Å². The van der Waals surface area contributed by atoms with Crippen LogP contribution >= 0.6 is 0 Å². The molecule has 0 aromatic heterocycles. The van der Waals surface area contributed by atoms with Crippen LogP contribution in [0.4, 0.5) is 0 Å². The SMILES string of the molecule is COC(=O)C1COC(COC(=O)c2ccccc2)O1. The summed E-state index contributed by atoms with van der Waals surface area (Å²) in [5.74, 6) is -0.966. The molecule has 102 valence electrons. The molecule has 1 aliphatic rings. The fourth-order valence-electron chi connectivity index (χ4n) is 1.60. The van der Waals surface area contributed by atoms with E-state index in [9.17, 15) is 9.59 Å². The standard InChI is InChI=1S/C13H14O6/c1-16-13(15)10-7-17-11(19-10)8-18-12(14)9-5-3-2-4-6-9/h2-6,10-11H,7-8H2,1H3. The smallest absolute Gasteiger partial charge is 0.338 e. The number of carbonyl (C=O) groups is 2. The van der Waals surface area contributed by atoms with E-state index in [0.717, 1.165) is 0 Å². The van der Waals surface area contributed by atoms with Gasteiger partial charge in [-0.25, -0.2) is 9.59 Å². The molecule has 6 nitrogen and oxygen atoms in total. The highest BCUT2D eigenvalue weighted by molar-refractivity contribution is 5.89. The van der Waals surface area contributed by atoms with Crippen LogP contribution in [-0.2, 0) is 23.7 Å². The molecule has 0 amide bonds. The molecule has 1 aromatic rings. The van der Waals surface area contributed by atoms with Crippen molar-refractivity contribution in [3.63, 3.8) is 0 Å².